The third kappa shape index (κ3) is 8.44. The lowest BCUT2D eigenvalue weighted by Gasteiger charge is -2.20. The molecule has 14 heavy (non-hydrogen) atoms. The van der Waals surface area contributed by atoms with Gasteiger partial charge in [0.2, 0.25) is 0 Å². The molecule has 86 valence electrons. The molecule has 0 aliphatic carbocycles. The molecule has 4 nitrogen and oxygen atoms in total. The van der Waals surface area contributed by atoms with Gasteiger partial charge in [0.25, 0.3) is 0 Å². The summed E-state index contributed by atoms with van der Waals surface area (Å²) in [5.41, 5.74) is 4.63. The maximum absolute atomic E-state index is 9.56. The van der Waals surface area contributed by atoms with Crippen LogP contribution in [0.1, 0.15) is 26.7 Å². The Morgan fingerprint density at radius 1 is 1.21 bits per heavy atom. The summed E-state index contributed by atoms with van der Waals surface area (Å²) in [6, 6.07) is 0. The molecule has 0 rings (SSSR count). The summed E-state index contributed by atoms with van der Waals surface area (Å²) in [5, 5.41) is 9.56. The third-order valence-corrected chi connectivity index (χ3v) is 2.02. The highest BCUT2D eigenvalue weighted by atomic mass is 16.5. The van der Waals surface area contributed by atoms with Crippen molar-refractivity contribution in [3.05, 3.63) is 0 Å². The lowest BCUT2D eigenvalue weighted by atomic mass is 10.0. The molecule has 0 radical (unpaired) electrons. The highest BCUT2D eigenvalue weighted by Gasteiger charge is 2.16. The highest BCUT2D eigenvalue weighted by Crippen LogP contribution is 2.09. The molecule has 0 aromatic rings. The van der Waals surface area contributed by atoms with Crippen molar-refractivity contribution in [2.75, 3.05) is 33.0 Å². The predicted molar refractivity (Wildman–Crippen MR) is 56.2 cm³/mol. The molecule has 0 aromatic heterocycles. The van der Waals surface area contributed by atoms with E-state index >= 15 is 0 Å². The van der Waals surface area contributed by atoms with Crippen molar-refractivity contribution in [1.82, 2.24) is 0 Å². The molecule has 0 amide bonds. The molecule has 4 heteroatoms. The summed E-state index contributed by atoms with van der Waals surface area (Å²) < 4.78 is 10.4. The second-order valence-electron chi connectivity index (χ2n) is 3.61. The van der Waals surface area contributed by atoms with Crippen LogP contribution >= 0.6 is 0 Å². The second-order valence-corrected chi connectivity index (χ2v) is 3.61. The summed E-state index contributed by atoms with van der Waals surface area (Å²) in [4.78, 5) is 0. The number of aliphatic hydroxyl groups is 1. The smallest absolute Gasteiger partial charge is 0.0742 e. The van der Waals surface area contributed by atoms with Gasteiger partial charge in [0.15, 0.2) is 0 Å². The fourth-order valence-electron chi connectivity index (χ4n) is 1.02. The Labute approximate surface area is 86.4 Å². The summed E-state index contributed by atoms with van der Waals surface area (Å²) in [6.45, 7) is 6.65. The summed E-state index contributed by atoms with van der Waals surface area (Å²) in [5.74, 6) is 0. The summed E-state index contributed by atoms with van der Waals surface area (Å²) in [6.07, 6.45) is 1.51. The topological polar surface area (TPSA) is 64.7 Å². The fraction of sp³-hybridized carbons (Fsp3) is 1.00. The van der Waals surface area contributed by atoms with Crippen LogP contribution in [0.4, 0.5) is 0 Å². The number of hydrogen-bond donors (Lipinski definition) is 2. The van der Waals surface area contributed by atoms with Crippen LogP contribution in [-0.2, 0) is 9.47 Å². The number of rotatable bonds is 9. The van der Waals surface area contributed by atoms with Crippen LogP contribution in [0.3, 0.4) is 0 Å². The molecule has 0 aliphatic rings. The van der Waals surface area contributed by atoms with Gasteiger partial charge in [-0.05, 0) is 26.7 Å². The van der Waals surface area contributed by atoms with Crippen molar-refractivity contribution >= 4 is 0 Å². The number of hydrogen-bond acceptors (Lipinski definition) is 4. The van der Waals surface area contributed by atoms with Gasteiger partial charge in [0.1, 0.15) is 0 Å². The van der Waals surface area contributed by atoms with Gasteiger partial charge in [-0.1, -0.05) is 0 Å². The van der Waals surface area contributed by atoms with Crippen molar-refractivity contribution in [3.63, 3.8) is 0 Å². The molecule has 0 aromatic carbocycles. The van der Waals surface area contributed by atoms with Crippen LogP contribution < -0.4 is 5.73 Å². The maximum Gasteiger partial charge on any atom is 0.0742 e. The molecule has 0 fully saturated rings. The van der Waals surface area contributed by atoms with Crippen molar-refractivity contribution in [3.8, 4) is 0 Å². The minimum Gasteiger partial charge on any atom is -0.389 e. The standard InChI is InChI=1S/C10H23NO3/c1-3-13-7-8-14-6-4-5-10(2,12)9-11/h12H,3-9,11H2,1-2H3. The van der Waals surface area contributed by atoms with Gasteiger partial charge in [0, 0.05) is 19.8 Å². The SMILES string of the molecule is CCOCCOCCCC(C)(O)CN. The second kappa shape index (κ2) is 8.17. The van der Waals surface area contributed by atoms with E-state index in [0.29, 0.717) is 32.8 Å². The molecule has 0 spiro atoms. The van der Waals surface area contributed by atoms with E-state index in [9.17, 15) is 5.11 Å². The highest BCUT2D eigenvalue weighted by molar-refractivity contribution is 4.72. The largest absolute Gasteiger partial charge is 0.389 e. The van der Waals surface area contributed by atoms with Gasteiger partial charge in [-0.25, -0.2) is 0 Å². The van der Waals surface area contributed by atoms with E-state index in [1.807, 2.05) is 6.92 Å². The predicted octanol–water partition coefficient (Wildman–Crippen LogP) is 0.529. The first-order valence-corrected chi connectivity index (χ1v) is 5.20. The van der Waals surface area contributed by atoms with Gasteiger partial charge >= 0.3 is 0 Å². The van der Waals surface area contributed by atoms with Gasteiger partial charge in [-0.15, -0.1) is 0 Å². The first kappa shape index (κ1) is 13.8. The average molecular weight is 205 g/mol. The van der Waals surface area contributed by atoms with Gasteiger partial charge in [0.05, 0.1) is 18.8 Å². The van der Waals surface area contributed by atoms with Crippen LogP contribution in [0.5, 0.6) is 0 Å². The van der Waals surface area contributed by atoms with E-state index in [1.54, 1.807) is 6.92 Å². The quantitative estimate of drug-likeness (QED) is 0.539. The van der Waals surface area contributed by atoms with Crippen LogP contribution in [0.2, 0.25) is 0 Å². The van der Waals surface area contributed by atoms with Crippen LogP contribution in [0.15, 0.2) is 0 Å². The number of nitrogens with two attached hydrogens (primary N) is 1. The van der Waals surface area contributed by atoms with Gasteiger partial charge in [-0.3, -0.25) is 0 Å². The first-order chi connectivity index (χ1) is 6.62. The monoisotopic (exact) mass is 205 g/mol. The molecule has 0 bridgehead atoms. The van der Waals surface area contributed by atoms with Crippen molar-refractivity contribution in [2.24, 2.45) is 5.73 Å². The first-order valence-electron chi connectivity index (χ1n) is 5.20. The Bertz CT molecular complexity index is 129. The maximum atomic E-state index is 9.56. The van der Waals surface area contributed by atoms with E-state index in [4.69, 9.17) is 15.2 Å². The number of ether oxygens (including phenoxy) is 2. The summed E-state index contributed by atoms with van der Waals surface area (Å²) in [7, 11) is 0. The van der Waals surface area contributed by atoms with E-state index in [2.05, 4.69) is 0 Å². The molecular formula is C10H23NO3. The van der Waals surface area contributed by atoms with Crippen LogP contribution in [0, 0.1) is 0 Å². The molecule has 0 saturated heterocycles. The molecule has 1 unspecified atom stereocenters. The normalized spacial score (nSPS) is 15.4. The molecule has 3 N–H and O–H groups in total. The van der Waals surface area contributed by atoms with E-state index in [1.165, 1.54) is 0 Å². The zero-order valence-electron chi connectivity index (χ0n) is 9.29. The van der Waals surface area contributed by atoms with E-state index < -0.39 is 5.60 Å². The lowest BCUT2D eigenvalue weighted by Crippen LogP contribution is -2.34. The molecule has 0 saturated carbocycles. The van der Waals surface area contributed by atoms with E-state index in [0.717, 1.165) is 13.0 Å². The molecular weight excluding hydrogens is 182 g/mol. The zero-order chi connectivity index (χ0) is 10.9. The minimum atomic E-state index is -0.747. The van der Waals surface area contributed by atoms with Crippen LogP contribution in [-0.4, -0.2) is 43.7 Å². The van der Waals surface area contributed by atoms with E-state index in [-0.39, 0.29) is 0 Å². The average Bonchev–Trinajstić information content (AvgIpc) is 2.16. The molecule has 0 aliphatic heterocycles. The Kier molecular flexibility index (Phi) is 8.08. The fourth-order valence-corrected chi connectivity index (χ4v) is 1.02. The van der Waals surface area contributed by atoms with Crippen molar-refractivity contribution in [1.29, 1.82) is 0 Å². The van der Waals surface area contributed by atoms with Crippen molar-refractivity contribution in [2.45, 2.75) is 32.3 Å². The Morgan fingerprint density at radius 2 is 1.86 bits per heavy atom. The Morgan fingerprint density at radius 3 is 2.43 bits per heavy atom. The zero-order valence-corrected chi connectivity index (χ0v) is 9.29. The lowest BCUT2D eigenvalue weighted by molar-refractivity contribution is 0.0277. The van der Waals surface area contributed by atoms with Crippen LogP contribution in [0.25, 0.3) is 0 Å². The minimum absolute atomic E-state index is 0.298. The summed E-state index contributed by atoms with van der Waals surface area (Å²) >= 11 is 0. The molecule has 1 atom stereocenters. The van der Waals surface area contributed by atoms with Crippen molar-refractivity contribution < 1.29 is 14.6 Å². The third-order valence-electron chi connectivity index (χ3n) is 2.02. The Hall–Kier alpha value is -0.160. The Balaban J connectivity index is 3.13. The molecule has 0 heterocycles. The van der Waals surface area contributed by atoms with Gasteiger partial charge < -0.3 is 20.3 Å². The van der Waals surface area contributed by atoms with Gasteiger partial charge in [-0.2, -0.15) is 0 Å².